The van der Waals surface area contributed by atoms with Gasteiger partial charge in [0.2, 0.25) is 0 Å². The zero-order valence-corrected chi connectivity index (χ0v) is 11.4. The predicted octanol–water partition coefficient (Wildman–Crippen LogP) is 4.03. The SMILES string of the molecule is Oc1ccc(OCCCOc2ccc(F)cc2)cc1Cl. The lowest BCUT2D eigenvalue weighted by molar-refractivity contribution is 0.247. The van der Waals surface area contributed by atoms with Gasteiger partial charge in [-0.2, -0.15) is 0 Å². The molecule has 0 aromatic heterocycles. The van der Waals surface area contributed by atoms with Crippen LogP contribution in [0.4, 0.5) is 4.39 Å². The van der Waals surface area contributed by atoms with Gasteiger partial charge < -0.3 is 14.6 Å². The van der Waals surface area contributed by atoms with Crippen molar-refractivity contribution in [1.82, 2.24) is 0 Å². The Morgan fingerprint density at radius 1 is 0.950 bits per heavy atom. The minimum absolute atomic E-state index is 0.0265. The van der Waals surface area contributed by atoms with Crippen LogP contribution in [-0.4, -0.2) is 18.3 Å². The number of aromatic hydroxyl groups is 1. The molecule has 0 spiro atoms. The van der Waals surface area contributed by atoms with Crippen molar-refractivity contribution < 1.29 is 19.0 Å². The van der Waals surface area contributed by atoms with E-state index in [0.717, 1.165) is 0 Å². The van der Waals surface area contributed by atoms with Crippen LogP contribution in [0.2, 0.25) is 5.02 Å². The van der Waals surface area contributed by atoms with E-state index in [2.05, 4.69) is 0 Å². The standard InChI is InChI=1S/C15H14ClFO3/c16-14-10-13(6-7-15(14)18)20-9-1-8-19-12-4-2-11(17)3-5-12/h2-7,10,18H,1,8-9H2. The third-order valence-corrected chi connectivity index (χ3v) is 2.86. The van der Waals surface area contributed by atoms with Gasteiger partial charge in [0.25, 0.3) is 0 Å². The maximum Gasteiger partial charge on any atom is 0.134 e. The fourth-order valence-electron chi connectivity index (χ4n) is 1.55. The number of phenolic OH excluding ortho intramolecular Hbond substituents is 1. The third kappa shape index (κ3) is 4.31. The van der Waals surface area contributed by atoms with Gasteiger partial charge in [0.05, 0.1) is 18.2 Å². The van der Waals surface area contributed by atoms with Gasteiger partial charge in [0.15, 0.2) is 0 Å². The number of benzene rings is 2. The van der Waals surface area contributed by atoms with Gasteiger partial charge in [-0.15, -0.1) is 0 Å². The second-order valence-electron chi connectivity index (χ2n) is 4.12. The van der Waals surface area contributed by atoms with E-state index in [-0.39, 0.29) is 16.6 Å². The molecule has 3 nitrogen and oxygen atoms in total. The van der Waals surface area contributed by atoms with Crippen LogP contribution in [0.3, 0.4) is 0 Å². The van der Waals surface area contributed by atoms with Crippen LogP contribution in [-0.2, 0) is 0 Å². The van der Waals surface area contributed by atoms with E-state index >= 15 is 0 Å². The summed E-state index contributed by atoms with van der Waals surface area (Å²) in [4.78, 5) is 0. The average molecular weight is 297 g/mol. The summed E-state index contributed by atoms with van der Waals surface area (Å²) in [5, 5.41) is 9.52. The highest BCUT2D eigenvalue weighted by atomic mass is 35.5. The maximum absolute atomic E-state index is 12.7. The molecule has 0 saturated heterocycles. The second kappa shape index (κ2) is 7.01. The first-order chi connectivity index (χ1) is 9.65. The summed E-state index contributed by atoms with van der Waals surface area (Å²) < 4.78 is 23.6. The Labute approximate surface area is 121 Å². The third-order valence-electron chi connectivity index (χ3n) is 2.56. The Kier molecular flexibility index (Phi) is 5.07. The summed E-state index contributed by atoms with van der Waals surface area (Å²) in [6.07, 6.45) is 0.676. The van der Waals surface area contributed by atoms with E-state index in [9.17, 15) is 9.50 Å². The van der Waals surface area contributed by atoms with Gasteiger partial charge in [-0.1, -0.05) is 11.6 Å². The molecule has 0 amide bonds. The van der Waals surface area contributed by atoms with Crippen molar-refractivity contribution in [3.63, 3.8) is 0 Å². The molecule has 0 aliphatic heterocycles. The molecular formula is C15H14ClFO3. The molecular weight excluding hydrogens is 283 g/mol. The molecule has 0 radical (unpaired) electrons. The second-order valence-corrected chi connectivity index (χ2v) is 4.52. The lowest BCUT2D eigenvalue weighted by Crippen LogP contribution is -2.04. The smallest absolute Gasteiger partial charge is 0.134 e. The first-order valence-corrected chi connectivity index (χ1v) is 6.52. The summed E-state index contributed by atoms with van der Waals surface area (Å²) in [6, 6.07) is 10.5. The molecule has 0 saturated carbocycles. The Hall–Kier alpha value is -1.94. The number of hydrogen-bond donors (Lipinski definition) is 1. The lowest BCUT2D eigenvalue weighted by Gasteiger charge is -2.08. The molecule has 20 heavy (non-hydrogen) atoms. The first kappa shape index (κ1) is 14.5. The van der Waals surface area contributed by atoms with E-state index in [0.29, 0.717) is 31.1 Å². The average Bonchev–Trinajstić information content (AvgIpc) is 2.44. The van der Waals surface area contributed by atoms with Crippen LogP contribution in [0.15, 0.2) is 42.5 Å². The van der Waals surface area contributed by atoms with Gasteiger partial charge in [-0.05, 0) is 36.4 Å². The van der Waals surface area contributed by atoms with Crippen LogP contribution >= 0.6 is 11.6 Å². The molecule has 1 N–H and O–H groups in total. The largest absolute Gasteiger partial charge is 0.506 e. The fraction of sp³-hybridized carbons (Fsp3) is 0.200. The van der Waals surface area contributed by atoms with Gasteiger partial charge in [-0.3, -0.25) is 0 Å². The minimum Gasteiger partial charge on any atom is -0.506 e. The molecule has 5 heteroatoms. The van der Waals surface area contributed by atoms with Gasteiger partial charge in [0, 0.05) is 12.5 Å². The van der Waals surface area contributed by atoms with Crippen molar-refractivity contribution in [2.75, 3.05) is 13.2 Å². The molecule has 0 aliphatic carbocycles. The van der Waals surface area contributed by atoms with Crippen LogP contribution < -0.4 is 9.47 Å². The van der Waals surface area contributed by atoms with Crippen molar-refractivity contribution >= 4 is 11.6 Å². The van der Waals surface area contributed by atoms with Crippen molar-refractivity contribution in [2.45, 2.75) is 6.42 Å². The Balaban J connectivity index is 1.68. The number of halogens is 2. The van der Waals surface area contributed by atoms with E-state index in [4.69, 9.17) is 21.1 Å². The quantitative estimate of drug-likeness (QED) is 0.818. The van der Waals surface area contributed by atoms with Gasteiger partial charge >= 0.3 is 0 Å². The highest BCUT2D eigenvalue weighted by Gasteiger charge is 2.01. The molecule has 0 bridgehead atoms. The van der Waals surface area contributed by atoms with E-state index in [1.54, 1.807) is 24.3 Å². The van der Waals surface area contributed by atoms with E-state index in [1.807, 2.05) is 0 Å². The number of rotatable bonds is 6. The van der Waals surface area contributed by atoms with Crippen molar-refractivity contribution in [1.29, 1.82) is 0 Å². The molecule has 0 fully saturated rings. The van der Waals surface area contributed by atoms with Crippen molar-refractivity contribution in [3.05, 3.63) is 53.3 Å². The molecule has 0 atom stereocenters. The zero-order valence-electron chi connectivity index (χ0n) is 10.7. The minimum atomic E-state index is -0.287. The Morgan fingerprint density at radius 2 is 1.55 bits per heavy atom. The monoisotopic (exact) mass is 296 g/mol. The van der Waals surface area contributed by atoms with Gasteiger partial charge in [-0.25, -0.2) is 4.39 Å². The molecule has 106 valence electrons. The molecule has 0 unspecified atom stereocenters. The van der Waals surface area contributed by atoms with Crippen molar-refractivity contribution in [3.8, 4) is 17.2 Å². The van der Waals surface area contributed by atoms with Crippen LogP contribution in [0.5, 0.6) is 17.2 Å². The van der Waals surface area contributed by atoms with E-state index < -0.39 is 0 Å². The zero-order chi connectivity index (χ0) is 14.4. The highest BCUT2D eigenvalue weighted by Crippen LogP contribution is 2.27. The van der Waals surface area contributed by atoms with Crippen LogP contribution in [0.1, 0.15) is 6.42 Å². The lowest BCUT2D eigenvalue weighted by atomic mass is 10.3. The predicted molar refractivity (Wildman–Crippen MR) is 75.1 cm³/mol. The molecule has 2 aromatic rings. The number of phenols is 1. The maximum atomic E-state index is 12.7. The fourth-order valence-corrected chi connectivity index (χ4v) is 1.72. The Bertz CT molecular complexity index is 558. The summed E-state index contributed by atoms with van der Waals surface area (Å²) in [5.41, 5.74) is 0. The summed E-state index contributed by atoms with van der Waals surface area (Å²) in [6.45, 7) is 0.930. The Morgan fingerprint density at radius 3 is 2.20 bits per heavy atom. The first-order valence-electron chi connectivity index (χ1n) is 6.15. The van der Waals surface area contributed by atoms with Crippen molar-refractivity contribution in [2.24, 2.45) is 0 Å². The summed E-state index contributed by atoms with van der Waals surface area (Å²) in [7, 11) is 0. The highest BCUT2D eigenvalue weighted by molar-refractivity contribution is 6.32. The summed E-state index contributed by atoms with van der Waals surface area (Å²) >= 11 is 5.76. The normalized spacial score (nSPS) is 10.3. The van der Waals surface area contributed by atoms with Crippen LogP contribution in [0.25, 0.3) is 0 Å². The molecule has 0 aliphatic rings. The van der Waals surface area contributed by atoms with Crippen LogP contribution in [0, 0.1) is 5.82 Å². The number of hydrogen-bond acceptors (Lipinski definition) is 3. The number of ether oxygens (including phenoxy) is 2. The van der Waals surface area contributed by atoms with Gasteiger partial charge in [0.1, 0.15) is 23.1 Å². The topological polar surface area (TPSA) is 38.7 Å². The molecule has 2 aromatic carbocycles. The molecule has 0 heterocycles. The molecule has 2 rings (SSSR count). The van der Waals surface area contributed by atoms with E-state index in [1.165, 1.54) is 18.2 Å². The summed E-state index contributed by atoms with van der Waals surface area (Å²) in [5.74, 6) is 0.956.